The number of carbonyl (C=O) groups excluding carboxylic acids is 1. The van der Waals surface area contributed by atoms with Crippen molar-refractivity contribution < 1.29 is 9.72 Å². The summed E-state index contributed by atoms with van der Waals surface area (Å²) in [7, 11) is 0. The highest BCUT2D eigenvalue weighted by Crippen LogP contribution is 2.42. The van der Waals surface area contributed by atoms with Gasteiger partial charge in [-0.15, -0.1) is 22.7 Å². The summed E-state index contributed by atoms with van der Waals surface area (Å²) in [6.45, 7) is 1.61. The third kappa shape index (κ3) is 3.59. The number of nitro groups is 1. The Balaban J connectivity index is 1.65. The van der Waals surface area contributed by atoms with Gasteiger partial charge in [-0.25, -0.2) is 4.98 Å². The molecule has 28 heavy (non-hydrogen) atoms. The Labute approximate surface area is 172 Å². The van der Waals surface area contributed by atoms with Gasteiger partial charge in [0.1, 0.15) is 5.69 Å². The Bertz CT molecular complexity index is 1100. The lowest BCUT2D eigenvalue weighted by Crippen LogP contribution is -2.12. The average molecular weight is 428 g/mol. The molecule has 1 N–H and O–H groups in total. The Morgan fingerprint density at radius 3 is 2.43 bits per heavy atom. The first-order chi connectivity index (χ1) is 13.5. The van der Waals surface area contributed by atoms with Crippen LogP contribution in [0.5, 0.6) is 0 Å². The molecule has 0 fully saturated rings. The molecular weight excluding hydrogens is 414 g/mol. The van der Waals surface area contributed by atoms with E-state index >= 15 is 0 Å². The largest absolute Gasteiger partial charge is 0.298 e. The predicted octanol–water partition coefficient (Wildman–Crippen LogP) is 6.07. The number of rotatable bonds is 5. The number of hydrogen-bond donors (Lipinski definition) is 1. The summed E-state index contributed by atoms with van der Waals surface area (Å²) in [4.78, 5) is 30.9. The summed E-state index contributed by atoms with van der Waals surface area (Å²) in [5.74, 6) is -0.345. The molecule has 4 rings (SSSR count). The van der Waals surface area contributed by atoms with E-state index in [0.717, 1.165) is 20.3 Å². The van der Waals surface area contributed by atoms with E-state index < -0.39 is 4.92 Å². The smallest absolute Gasteiger partial charge is 0.272 e. The maximum Gasteiger partial charge on any atom is 0.272 e. The number of amides is 1. The van der Waals surface area contributed by atoms with Crippen molar-refractivity contribution >= 4 is 50.7 Å². The van der Waals surface area contributed by atoms with Crippen molar-refractivity contribution in [2.75, 3.05) is 5.32 Å². The summed E-state index contributed by atoms with van der Waals surface area (Å²) in [5.41, 5.74) is 1.63. The molecule has 0 saturated heterocycles. The van der Waals surface area contributed by atoms with Crippen molar-refractivity contribution in [3.8, 4) is 20.3 Å². The van der Waals surface area contributed by atoms with Gasteiger partial charge in [-0.05, 0) is 41.9 Å². The van der Waals surface area contributed by atoms with Crippen LogP contribution in [0.2, 0.25) is 0 Å². The molecule has 1 aromatic carbocycles. The fourth-order valence-electron chi connectivity index (χ4n) is 2.70. The van der Waals surface area contributed by atoms with E-state index in [2.05, 4.69) is 10.3 Å². The molecule has 3 heterocycles. The standard InChI is InChI=1S/C19H13N3O3S3/c1-11-10-12(6-7-13(11)22(24)25)18(23)21-19-20-16(14-4-2-8-26-14)17(28-19)15-5-3-9-27-15/h2-10H,1H3,(H,20,21,23). The SMILES string of the molecule is Cc1cc(C(=O)Nc2nc(-c3cccs3)c(-c3cccs3)s2)ccc1[N+](=O)[O-]. The van der Waals surface area contributed by atoms with Crippen LogP contribution in [0.3, 0.4) is 0 Å². The van der Waals surface area contributed by atoms with Gasteiger partial charge in [0, 0.05) is 22.1 Å². The van der Waals surface area contributed by atoms with E-state index in [0.29, 0.717) is 16.3 Å². The minimum Gasteiger partial charge on any atom is -0.298 e. The van der Waals surface area contributed by atoms with Crippen LogP contribution in [0.25, 0.3) is 20.3 Å². The van der Waals surface area contributed by atoms with Crippen LogP contribution >= 0.6 is 34.0 Å². The molecule has 0 aliphatic rings. The second kappa shape index (κ2) is 7.63. The summed E-state index contributed by atoms with van der Waals surface area (Å²) >= 11 is 4.63. The topological polar surface area (TPSA) is 85.1 Å². The molecule has 140 valence electrons. The van der Waals surface area contributed by atoms with Crippen LogP contribution in [0, 0.1) is 17.0 Å². The van der Waals surface area contributed by atoms with E-state index in [-0.39, 0.29) is 11.6 Å². The van der Waals surface area contributed by atoms with Gasteiger partial charge in [0.05, 0.1) is 14.7 Å². The highest BCUT2D eigenvalue weighted by atomic mass is 32.1. The number of benzene rings is 1. The monoisotopic (exact) mass is 427 g/mol. The molecule has 4 aromatic rings. The first kappa shape index (κ1) is 18.5. The number of nitrogens with one attached hydrogen (secondary N) is 1. The molecule has 0 radical (unpaired) electrons. The molecule has 9 heteroatoms. The third-order valence-corrected chi connectivity index (χ3v) is 6.90. The van der Waals surface area contributed by atoms with Gasteiger partial charge >= 0.3 is 0 Å². The zero-order chi connectivity index (χ0) is 19.7. The molecule has 0 spiro atoms. The van der Waals surface area contributed by atoms with E-state index in [1.165, 1.54) is 29.5 Å². The number of nitrogens with zero attached hydrogens (tertiary/aromatic N) is 2. The number of aromatic nitrogens is 1. The Hall–Kier alpha value is -2.88. The molecule has 0 saturated carbocycles. The highest BCUT2D eigenvalue weighted by Gasteiger charge is 2.19. The van der Waals surface area contributed by atoms with Gasteiger partial charge in [-0.2, -0.15) is 0 Å². The summed E-state index contributed by atoms with van der Waals surface area (Å²) in [5, 5.41) is 18.3. The predicted molar refractivity (Wildman–Crippen MR) is 115 cm³/mol. The lowest BCUT2D eigenvalue weighted by atomic mass is 10.1. The van der Waals surface area contributed by atoms with Crippen LogP contribution in [0.15, 0.2) is 53.2 Å². The third-order valence-electron chi connectivity index (χ3n) is 4.00. The number of carbonyl (C=O) groups is 1. The van der Waals surface area contributed by atoms with Gasteiger partial charge in [0.2, 0.25) is 0 Å². The number of aryl methyl sites for hydroxylation is 1. The van der Waals surface area contributed by atoms with Gasteiger partial charge in [-0.1, -0.05) is 23.5 Å². The summed E-state index contributed by atoms with van der Waals surface area (Å²) in [6.07, 6.45) is 0. The van der Waals surface area contributed by atoms with Crippen LogP contribution in [-0.2, 0) is 0 Å². The van der Waals surface area contributed by atoms with Crippen LogP contribution < -0.4 is 5.32 Å². The second-order valence-electron chi connectivity index (χ2n) is 5.86. The first-order valence-electron chi connectivity index (χ1n) is 8.18. The van der Waals surface area contributed by atoms with Crippen molar-refractivity contribution in [1.29, 1.82) is 0 Å². The van der Waals surface area contributed by atoms with Crippen molar-refractivity contribution in [1.82, 2.24) is 4.98 Å². The van der Waals surface area contributed by atoms with E-state index in [9.17, 15) is 14.9 Å². The molecule has 0 bridgehead atoms. The average Bonchev–Trinajstić information content (AvgIpc) is 3.41. The zero-order valence-corrected chi connectivity index (χ0v) is 17.0. The lowest BCUT2D eigenvalue weighted by molar-refractivity contribution is -0.385. The van der Waals surface area contributed by atoms with Crippen molar-refractivity contribution in [2.24, 2.45) is 0 Å². The molecule has 0 unspecified atom stereocenters. The molecular formula is C19H13N3O3S3. The minimum atomic E-state index is -0.460. The lowest BCUT2D eigenvalue weighted by Gasteiger charge is -2.03. The number of nitro benzene ring substituents is 1. The fraction of sp³-hybridized carbons (Fsp3) is 0.0526. The van der Waals surface area contributed by atoms with Gasteiger partial charge in [0.15, 0.2) is 5.13 Å². The Morgan fingerprint density at radius 1 is 1.11 bits per heavy atom. The van der Waals surface area contributed by atoms with Gasteiger partial charge < -0.3 is 0 Å². The van der Waals surface area contributed by atoms with E-state index in [1.807, 2.05) is 35.0 Å². The Kier molecular flexibility index (Phi) is 5.03. The quantitative estimate of drug-likeness (QED) is 0.309. The molecule has 0 aliphatic heterocycles. The maximum absolute atomic E-state index is 12.6. The van der Waals surface area contributed by atoms with Gasteiger partial charge in [0.25, 0.3) is 11.6 Å². The van der Waals surface area contributed by atoms with Crippen molar-refractivity contribution in [3.05, 3.63) is 74.5 Å². The number of hydrogen-bond acceptors (Lipinski definition) is 7. The van der Waals surface area contributed by atoms with E-state index in [1.54, 1.807) is 29.6 Å². The van der Waals surface area contributed by atoms with E-state index in [4.69, 9.17) is 0 Å². The first-order valence-corrected chi connectivity index (χ1v) is 10.8. The number of thiophene rings is 2. The molecule has 6 nitrogen and oxygen atoms in total. The number of anilines is 1. The molecule has 0 aliphatic carbocycles. The summed E-state index contributed by atoms with van der Waals surface area (Å²) in [6, 6.07) is 12.3. The fourth-order valence-corrected chi connectivity index (χ4v) is 5.31. The van der Waals surface area contributed by atoms with Crippen LogP contribution in [0.4, 0.5) is 10.8 Å². The number of thiazole rings is 1. The van der Waals surface area contributed by atoms with Crippen LogP contribution in [-0.4, -0.2) is 15.8 Å². The molecule has 0 atom stereocenters. The Morgan fingerprint density at radius 2 is 1.82 bits per heavy atom. The highest BCUT2D eigenvalue weighted by molar-refractivity contribution is 7.24. The minimum absolute atomic E-state index is 0.00855. The van der Waals surface area contributed by atoms with Crippen LogP contribution in [0.1, 0.15) is 15.9 Å². The van der Waals surface area contributed by atoms with Crippen molar-refractivity contribution in [2.45, 2.75) is 6.92 Å². The maximum atomic E-state index is 12.6. The normalized spacial score (nSPS) is 10.8. The second-order valence-corrected chi connectivity index (χ2v) is 8.76. The molecule has 1 amide bonds. The zero-order valence-electron chi connectivity index (χ0n) is 14.5. The summed E-state index contributed by atoms with van der Waals surface area (Å²) < 4.78 is 0. The van der Waals surface area contributed by atoms with Gasteiger partial charge in [-0.3, -0.25) is 20.2 Å². The van der Waals surface area contributed by atoms with Crippen molar-refractivity contribution in [3.63, 3.8) is 0 Å². The molecule has 3 aromatic heterocycles.